The molecule has 714 valence electrons. The van der Waals surface area contributed by atoms with Gasteiger partial charge >= 0.3 is 0 Å². The van der Waals surface area contributed by atoms with Crippen molar-refractivity contribution in [3.05, 3.63) is 347 Å². The molecule has 18 nitrogen and oxygen atoms in total. The number of allylic oxidation sites excluding steroid dienone is 17. The third kappa shape index (κ3) is 57.9. The van der Waals surface area contributed by atoms with Gasteiger partial charge in [0.15, 0.2) is 69.3 Å². The third-order valence-corrected chi connectivity index (χ3v) is 18.5. The molecule has 0 bridgehead atoms. The summed E-state index contributed by atoms with van der Waals surface area (Å²) < 4.78 is 27.2. The first-order valence-electron chi connectivity index (χ1n) is 44.4. The van der Waals surface area contributed by atoms with E-state index in [9.17, 15) is 57.1 Å². The topological polar surface area (TPSA) is 277 Å². The summed E-state index contributed by atoms with van der Waals surface area (Å²) in [6.45, 7) is 41.7. The van der Waals surface area contributed by atoms with Crippen LogP contribution in [0.4, 0.5) is 4.39 Å². The standard InChI is InChI=1S/C18H18O.C13H14O3.C13H16O2.C12H12Cl2O.C12H14O.C11H16O.C9H10FNO.C9H12N2O.C9H14O.C7H10O3/c1-14(2)18(19)13-10-15-8-11-17(12-9-15)16-6-4-3-5-7-16;1-9(2)11(14)5-3-10-4-6-12-13(7-10)16-8-15-12;1-10(2)13(15)7-6-11-4-3-5-12(8-11)9-14;1-8(2)12(15)6-4-9-3-5-10(13)11(14)7-9;1-10(2)12(13)9-8-11-6-4-3-5-7-11;1-4-5-6-7-8-9-11(12)10(2)3;1-6(2)9(12)7-4-3-5-8(10)11-7;1-7(2)9(12)4-3-8-5-10-6-11-8;1-4-5-6-7-9(10)8(2)3;1-6(2)7(9)3-4-10-5-8/h3-14H,1-2H3;3-7,9H,8H2,1-2H3;3-8,10,14H,9H2,1-2H3;3-8H,1-2H3;3-10H,1-2H3;4-10H,1-3H3;3-6H,1-2H3;3-7H,1-2H3,(H,10,11);4-8H,1-3H3;3-6H,1-2H3/b13-10+;5-3+;7-6+;6-4+;9-8+;5-4+,7-6+,9-8+;;4-3+;5-4+,7-6+;4-3+. The average Bonchev–Trinajstić information content (AvgIpc) is 1.68. The molecule has 0 aliphatic carbocycles. The summed E-state index contributed by atoms with van der Waals surface area (Å²) in [6, 6.07) is 50.9. The van der Waals surface area contributed by atoms with E-state index in [2.05, 4.69) is 44.0 Å². The normalized spacial score (nSPS) is 11.5. The number of H-pyrrole nitrogens is 1. The molecule has 1 aliphatic rings. The average molecular weight is 1870 g/mol. The highest BCUT2D eigenvalue weighted by molar-refractivity contribution is 6.42. The lowest BCUT2D eigenvalue weighted by Gasteiger charge is -2.02. The van der Waals surface area contributed by atoms with Gasteiger partial charge < -0.3 is 24.3 Å². The molecule has 0 unspecified atom stereocenters. The number of aromatic nitrogens is 3. The summed E-state index contributed by atoms with van der Waals surface area (Å²) >= 11 is 11.6. The van der Waals surface area contributed by atoms with Gasteiger partial charge in [-0.1, -0.05) is 362 Å². The van der Waals surface area contributed by atoms with Crippen LogP contribution in [0.25, 0.3) is 47.6 Å². The Labute approximate surface area is 804 Å². The molecule has 21 heteroatoms. The first kappa shape index (κ1) is 121. The van der Waals surface area contributed by atoms with Crippen molar-refractivity contribution < 1.29 is 76.4 Å². The number of ketones is 10. The summed E-state index contributed by atoms with van der Waals surface area (Å²) in [7, 11) is 0. The van der Waals surface area contributed by atoms with Gasteiger partial charge in [-0.05, 0) is 156 Å². The van der Waals surface area contributed by atoms with Crippen molar-refractivity contribution in [2.45, 2.75) is 159 Å². The number of nitrogens with one attached hydrogen (secondary N) is 1. The molecule has 0 spiro atoms. The number of imidazole rings is 1. The number of aromatic amines is 1. The number of Topliss-reactive ketones (excluding diaryl/α,β-unsaturated/α-hetero) is 1. The Hall–Kier alpha value is -13.2. The lowest BCUT2D eigenvalue weighted by Crippen LogP contribution is -2.09. The minimum Gasteiger partial charge on any atom is -0.454 e. The number of hydrogen-bond acceptors (Lipinski definition) is 17. The molecular formula is C113H136Cl2FN3O15. The number of aliphatic hydroxyl groups is 1. The smallest absolute Gasteiger partial charge is 0.297 e. The van der Waals surface area contributed by atoms with Crippen molar-refractivity contribution in [2.75, 3.05) is 6.79 Å². The fourth-order valence-corrected chi connectivity index (χ4v) is 9.50. The quantitative estimate of drug-likeness (QED) is 0.00965. The van der Waals surface area contributed by atoms with Crippen LogP contribution in [-0.2, 0) is 59.3 Å². The summed E-state index contributed by atoms with van der Waals surface area (Å²) in [6.07, 6.45) is 44.0. The van der Waals surface area contributed by atoms with E-state index in [1.54, 1.807) is 137 Å². The Bertz CT molecular complexity index is 5270. The predicted octanol–water partition coefficient (Wildman–Crippen LogP) is 26.7. The number of ether oxygens (including phenoxy) is 3. The molecule has 0 fully saturated rings. The van der Waals surface area contributed by atoms with Gasteiger partial charge in [-0.15, -0.1) is 0 Å². The second-order valence-corrected chi connectivity index (χ2v) is 33.5. The van der Waals surface area contributed by atoms with Gasteiger partial charge in [0.2, 0.25) is 12.7 Å². The zero-order valence-electron chi connectivity index (χ0n) is 81.6. The first-order valence-corrected chi connectivity index (χ1v) is 45.1. The molecule has 0 saturated heterocycles. The van der Waals surface area contributed by atoms with E-state index >= 15 is 0 Å². The minimum absolute atomic E-state index is 0.0176. The SMILES string of the molecule is C/C=C/C=C/C(=O)C(C)C.C/C=C/C=C/C=C/C(=O)C(C)C.CC(C)C(=O)/C=C/OC=O.CC(C)C(=O)/C=C/c1ccc(-c2ccccc2)cc1.CC(C)C(=O)/C=C/c1ccc(Cl)c(Cl)c1.CC(C)C(=O)/C=C/c1ccc2c(c1)OCO2.CC(C)C(=O)/C=C/c1cccc(CO)c1.CC(C)C(=O)/C=C/c1ccccc1.CC(C)C(=O)/C=C/c1cnc[nH]1.CC(C)C(=O)c1cccc(F)n1. The Morgan fingerprint density at radius 3 is 1.19 bits per heavy atom. The van der Waals surface area contributed by atoms with E-state index < -0.39 is 5.95 Å². The lowest BCUT2D eigenvalue weighted by molar-refractivity contribution is -0.124. The molecule has 8 aromatic rings. The maximum absolute atomic E-state index is 12.5. The van der Waals surface area contributed by atoms with E-state index in [0.717, 1.165) is 56.8 Å². The Kier molecular flexibility index (Phi) is 64.4. The number of pyridine rings is 1. The Morgan fingerprint density at radius 2 is 0.761 bits per heavy atom. The molecule has 0 atom stereocenters. The van der Waals surface area contributed by atoms with Gasteiger partial charge in [-0.2, -0.15) is 4.39 Å². The molecule has 134 heavy (non-hydrogen) atoms. The summed E-state index contributed by atoms with van der Waals surface area (Å²) in [5.41, 5.74) is 9.17. The molecule has 6 aromatic carbocycles. The molecule has 0 radical (unpaired) electrons. The van der Waals surface area contributed by atoms with E-state index in [4.69, 9.17) is 37.8 Å². The molecule has 2 N–H and O–H groups in total. The molecular weight excluding hydrogens is 1730 g/mol. The van der Waals surface area contributed by atoms with Crippen LogP contribution >= 0.6 is 23.2 Å². The zero-order chi connectivity index (χ0) is 101. The van der Waals surface area contributed by atoms with Crippen molar-refractivity contribution in [2.24, 2.45) is 59.2 Å². The monoisotopic (exact) mass is 1860 g/mol. The molecule has 2 aromatic heterocycles. The van der Waals surface area contributed by atoms with Gasteiger partial charge in [0, 0.05) is 65.3 Å². The summed E-state index contributed by atoms with van der Waals surface area (Å²) in [5.74, 6) is 2.13. The number of carbonyl (C=O) groups is 11. The highest BCUT2D eigenvalue weighted by atomic mass is 35.5. The predicted molar refractivity (Wildman–Crippen MR) is 548 cm³/mol. The zero-order valence-corrected chi connectivity index (χ0v) is 83.1. The van der Waals surface area contributed by atoms with Gasteiger partial charge in [0.25, 0.3) is 6.47 Å². The largest absolute Gasteiger partial charge is 0.454 e. The number of carbonyl (C=O) groups excluding carboxylic acids is 11. The Morgan fingerprint density at radius 1 is 0.388 bits per heavy atom. The van der Waals surface area contributed by atoms with Crippen molar-refractivity contribution in [1.29, 1.82) is 0 Å². The van der Waals surface area contributed by atoms with Crippen molar-refractivity contribution in [3.63, 3.8) is 0 Å². The van der Waals surface area contributed by atoms with Crippen LogP contribution in [-0.4, -0.2) is 91.2 Å². The maximum Gasteiger partial charge on any atom is 0.297 e. The number of halogens is 3. The van der Waals surface area contributed by atoms with Crippen molar-refractivity contribution in [1.82, 2.24) is 15.0 Å². The molecule has 3 heterocycles. The fraction of sp³-hybridized carbons (Fsp3) is 0.301. The number of fused-ring (bicyclic) bond motifs is 1. The van der Waals surface area contributed by atoms with Gasteiger partial charge in [0.05, 0.1) is 41.1 Å². The van der Waals surface area contributed by atoms with Crippen molar-refractivity contribution in [3.8, 4) is 22.6 Å². The molecule has 9 rings (SSSR count). The number of nitrogens with zero attached hydrogens (tertiary/aromatic N) is 2. The highest BCUT2D eigenvalue weighted by Gasteiger charge is 2.15. The van der Waals surface area contributed by atoms with Gasteiger partial charge in [-0.3, -0.25) is 52.7 Å². The van der Waals surface area contributed by atoms with Crippen LogP contribution in [0, 0.1) is 65.1 Å². The fourth-order valence-electron chi connectivity index (χ4n) is 9.19. The summed E-state index contributed by atoms with van der Waals surface area (Å²) in [5, 5.41) is 9.95. The van der Waals surface area contributed by atoms with Gasteiger partial charge in [-0.25, -0.2) is 9.97 Å². The third-order valence-electron chi connectivity index (χ3n) is 17.8. The van der Waals surface area contributed by atoms with E-state index in [-0.39, 0.29) is 143 Å². The second kappa shape index (κ2) is 71.5. The van der Waals surface area contributed by atoms with Crippen LogP contribution in [0.3, 0.4) is 0 Å². The number of hydrogen-bond donors (Lipinski definition) is 2. The van der Waals surface area contributed by atoms with Gasteiger partial charge in [0.1, 0.15) is 5.69 Å². The first-order chi connectivity index (χ1) is 63.5. The van der Waals surface area contributed by atoms with Crippen LogP contribution in [0.1, 0.15) is 202 Å². The van der Waals surface area contributed by atoms with Crippen LogP contribution < -0.4 is 9.47 Å². The molecule has 0 saturated carbocycles. The number of benzene rings is 6. The number of aliphatic hydroxyl groups excluding tert-OH is 1. The Balaban J connectivity index is 0.00000148. The van der Waals surface area contributed by atoms with Crippen molar-refractivity contribution >= 4 is 124 Å². The van der Waals surface area contributed by atoms with E-state index in [1.807, 2.05) is 282 Å². The highest BCUT2D eigenvalue weighted by Crippen LogP contribution is 2.33. The maximum atomic E-state index is 12.5. The minimum atomic E-state index is -0.610. The molecule has 1 aliphatic heterocycles. The van der Waals surface area contributed by atoms with E-state index in [0.29, 0.717) is 10.0 Å². The van der Waals surface area contributed by atoms with E-state index in [1.165, 1.54) is 35.4 Å². The summed E-state index contributed by atoms with van der Waals surface area (Å²) in [4.78, 5) is 132. The number of rotatable bonds is 33. The van der Waals surface area contributed by atoms with Crippen LogP contribution in [0.15, 0.2) is 286 Å². The second-order valence-electron chi connectivity index (χ2n) is 32.7. The molecule has 0 amide bonds. The van der Waals surface area contributed by atoms with Crippen LogP contribution in [0.5, 0.6) is 11.5 Å². The lowest BCUT2D eigenvalue weighted by atomic mass is 10.0. The van der Waals surface area contributed by atoms with Crippen LogP contribution in [0.2, 0.25) is 10.0 Å².